The van der Waals surface area contributed by atoms with Crippen LogP contribution in [0.4, 0.5) is 0 Å². The van der Waals surface area contributed by atoms with Crippen LogP contribution in [-0.2, 0) is 0 Å². The maximum Gasteiger partial charge on any atom is 0.108 e. The molecule has 27 heavy (non-hydrogen) atoms. The van der Waals surface area contributed by atoms with Gasteiger partial charge in [-0.05, 0) is 30.0 Å². The minimum Gasteiger partial charge on any atom is -0.0805 e. The molecule has 0 aromatic rings. The Labute approximate surface area is 163 Å². The van der Waals surface area contributed by atoms with Gasteiger partial charge in [-0.1, -0.05) is 114 Å². The van der Waals surface area contributed by atoms with E-state index in [4.69, 9.17) is 0 Å². The molecule has 0 nitrogen and oxygen atoms in total. The van der Waals surface area contributed by atoms with E-state index in [2.05, 4.69) is 97.7 Å². The third-order valence-electron chi connectivity index (χ3n) is 6.77. The average Bonchev–Trinajstić information content (AvgIpc) is 3.45. The molecular formula is C26H26Si. The number of allylic oxidation sites excluding steroid dienone is 20. The summed E-state index contributed by atoms with van der Waals surface area (Å²) < 4.78 is 0. The van der Waals surface area contributed by atoms with Gasteiger partial charge in [0.2, 0.25) is 0 Å². The molecule has 0 aliphatic heterocycles. The Morgan fingerprint density at radius 3 is 1.96 bits per heavy atom. The Morgan fingerprint density at radius 1 is 0.778 bits per heavy atom. The summed E-state index contributed by atoms with van der Waals surface area (Å²) >= 11 is 0. The van der Waals surface area contributed by atoms with Crippen LogP contribution in [0.5, 0.6) is 0 Å². The molecule has 0 saturated heterocycles. The van der Waals surface area contributed by atoms with Crippen molar-refractivity contribution in [2.45, 2.75) is 25.4 Å². The summed E-state index contributed by atoms with van der Waals surface area (Å²) in [5.41, 5.74) is 4.54. The Hall–Kier alpha value is -2.38. The summed E-state index contributed by atoms with van der Waals surface area (Å²) in [7, 11) is -1.79. The van der Waals surface area contributed by atoms with E-state index in [1.165, 1.54) is 23.6 Å². The van der Waals surface area contributed by atoms with Crippen LogP contribution in [0.3, 0.4) is 0 Å². The molecule has 0 aromatic carbocycles. The van der Waals surface area contributed by atoms with Crippen molar-refractivity contribution >= 4 is 8.07 Å². The highest BCUT2D eigenvalue weighted by molar-refractivity contribution is 6.92. The quantitative estimate of drug-likeness (QED) is 0.479. The minimum absolute atomic E-state index is 0.496. The highest BCUT2D eigenvalue weighted by Gasteiger charge is 2.44. The predicted molar refractivity (Wildman–Crippen MR) is 119 cm³/mol. The van der Waals surface area contributed by atoms with E-state index < -0.39 is 8.07 Å². The maximum absolute atomic E-state index is 2.62. The second-order valence-electron chi connectivity index (χ2n) is 8.31. The molecule has 0 radical (unpaired) electrons. The van der Waals surface area contributed by atoms with Gasteiger partial charge >= 0.3 is 0 Å². The lowest BCUT2D eigenvalue weighted by Crippen LogP contribution is -2.41. The Balaban J connectivity index is 1.49. The molecule has 0 spiro atoms. The Bertz CT molecular complexity index is 906. The molecule has 0 bridgehead atoms. The summed E-state index contributed by atoms with van der Waals surface area (Å²) in [6.45, 7) is 2.62. The van der Waals surface area contributed by atoms with Gasteiger partial charge in [-0.3, -0.25) is 0 Å². The first-order valence-corrected chi connectivity index (χ1v) is 12.9. The molecular weight excluding hydrogens is 340 g/mol. The standard InChI is InChI=1S/C26H26Si/c1-27(19-18-20-8-2-3-9-20,25-16-14-21-10-4-6-12-23(21)25)26-17-15-22-11-5-7-13-24(22)26/h2-8,10-17,23-24H,9,18-19H2,1H3. The zero-order valence-electron chi connectivity index (χ0n) is 15.9. The van der Waals surface area contributed by atoms with Crippen LogP contribution in [0.25, 0.3) is 0 Å². The normalized spacial score (nSPS) is 29.0. The second-order valence-corrected chi connectivity index (χ2v) is 12.6. The number of rotatable bonds is 5. The largest absolute Gasteiger partial charge is 0.108 e. The van der Waals surface area contributed by atoms with Gasteiger partial charge in [0.05, 0.1) is 0 Å². The highest BCUT2D eigenvalue weighted by Crippen LogP contribution is 2.48. The monoisotopic (exact) mass is 366 g/mol. The number of hydrogen-bond donors (Lipinski definition) is 0. The van der Waals surface area contributed by atoms with Crippen molar-refractivity contribution in [1.82, 2.24) is 0 Å². The van der Waals surface area contributed by atoms with Crippen molar-refractivity contribution in [3.05, 3.63) is 118 Å². The zero-order chi connectivity index (χ0) is 18.3. The topological polar surface area (TPSA) is 0 Å². The fourth-order valence-corrected chi connectivity index (χ4v) is 9.71. The second kappa shape index (κ2) is 6.65. The van der Waals surface area contributed by atoms with E-state index in [1.807, 2.05) is 0 Å². The van der Waals surface area contributed by atoms with Crippen LogP contribution in [0.2, 0.25) is 12.6 Å². The van der Waals surface area contributed by atoms with Crippen LogP contribution >= 0.6 is 0 Å². The molecule has 134 valence electrons. The van der Waals surface area contributed by atoms with Gasteiger partial charge in [0, 0.05) is 11.8 Å². The lowest BCUT2D eigenvalue weighted by molar-refractivity contribution is 0.926. The van der Waals surface area contributed by atoms with Crippen molar-refractivity contribution in [1.29, 1.82) is 0 Å². The summed E-state index contributed by atoms with van der Waals surface area (Å²) in [5, 5.41) is 3.40. The molecule has 5 rings (SSSR count). The maximum atomic E-state index is 2.62. The van der Waals surface area contributed by atoms with Gasteiger partial charge in [0.25, 0.3) is 0 Å². The molecule has 0 heterocycles. The Morgan fingerprint density at radius 2 is 1.41 bits per heavy atom. The van der Waals surface area contributed by atoms with Crippen LogP contribution in [0, 0.1) is 11.8 Å². The lowest BCUT2D eigenvalue weighted by atomic mass is 9.97. The zero-order valence-corrected chi connectivity index (χ0v) is 16.9. The first-order valence-electron chi connectivity index (χ1n) is 10.1. The summed E-state index contributed by atoms with van der Waals surface area (Å²) in [6.07, 6.45) is 37.1. The molecule has 1 heteroatoms. The number of fused-ring (bicyclic) bond motifs is 2. The first kappa shape index (κ1) is 16.8. The highest BCUT2D eigenvalue weighted by atomic mass is 28.3. The average molecular weight is 367 g/mol. The van der Waals surface area contributed by atoms with Gasteiger partial charge in [0.15, 0.2) is 0 Å². The van der Waals surface area contributed by atoms with Crippen molar-refractivity contribution < 1.29 is 0 Å². The molecule has 0 N–H and O–H groups in total. The van der Waals surface area contributed by atoms with E-state index in [0.29, 0.717) is 11.8 Å². The summed E-state index contributed by atoms with van der Waals surface area (Å²) in [6, 6.07) is 1.31. The minimum atomic E-state index is -1.79. The smallest absolute Gasteiger partial charge is 0.0805 e. The van der Waals surface area contributed by atoms with E-state index in [9.17, 15) is 0 Å². The van der Waals surface area contributed by atoms with Crippen LogP contribution in [0.1, 0.15) is 12.8 Å². The molecule has 2 unspecified atom stereocenters. The molecule has 0 saturated carbocycles. The molecule has 5 aliphatic carbocycles. The van der Waals surface area contributed by atoms with E-state index >= 15 is 0 Å². The molecule has 5 aliphatic rings. The fraction of sp³-hybridized carbons (Fsp3) is 0.231. The third-order valence-corrected chi connectivity index (χ3v) is 11.5. The fourth-order valence-electron chi connectivity index (χ4n) is 5.17. The van der Waals surface area contributed by atoms with Gasteiger partial charge in [-0.25, -0.2) is 0 Å². The van der Waals surface area contributed by atoms with Crippen LogP contribution in [0.15, 0.2) is 118 Å². The molecule has 0 amide bonds. The Kier molecular flexibility index (Phi) is 4.13. The predicted octanol–water partition coefficient (Wildman–Crippen LogP) is 6.64. The summed E-state index contributed by atoms with van der Waals surface area (Å²) in [4.78, 5) is 0. The van der Waals surface area contributed by atoms with Gasteiger partial charge in [0.1, 0.15) is 8.07 Å². The van der Waals surface area contributed by atoms with Crippen LogP contribution < -0.4 is 0 Å². The van der Waals surface area contributed by atoms with E-state index in [-0.39, 0.29) is 0 Å². The van der Waals surface area contributed by atoms with Crippen molar-refractivity contribution in [2.75, 3.05) is 0 Å². The summed E-state index contributed by atoms with van der Waals surface area (Å²) in [5.74, 6) is 0.992. The van der Waals surface area contributed by atoms with Crippen molar-refractivity contribution in [3.63, 3.8) is 0 Å². The van der Waals surface area contributed by atoms with Crippen LogP contribution in [-0.4, -0.2) is 8.07 Å². The van der Waals surface area contributed by atoms with Crippen molar-refractivity contribution in [3.8, 4) is 0 Å². The van der Waals surface area contributed by atoms with E-state index in [0.717, 1.165) is 6.42 Å². The SMILES string of the molecule is C[Si](CCC1=CC=CC1)(C1=CC=C2C=CC=CC21)C1=CC=C2C=CC=CC21. The first-order chi connectivity index (χ1) is 13.3. The van der Waals surface area contributed by atoms with Gasteiger partial charge in [-0.15, -0.1) is 0 Å². The van der Waals surface area contributed by atoms with E-state index in [1.54, 1.807) is 16.0 Å². The number of hydrogen-bond acceptors (Lipinski definition) is 0. The van der Waals surface area contributed by atoms with Gasteiger partial charge in [-0.2, -0.15) is 0 Å². The van der Waals surface area contributed by atoms with Gasteiger partial charge < -0.3 is 0 Å². The lowest BCUT2D eigenvalue weighted by Gasteiger charge is -2.38. The third kappa shape index (κ3) is 2.81. The molecule has 0 aromatic heterocycles. The molecule has 2 atom stereocenters. The molecule has 0 fully saturated rings. The van der Waals surface area contributed by atoms with Crippen molar-refractivity contribution in [2.24, 2.45) is 11.8 Å².